The van der Waals surface area contributed by atoms with Crippen LogP contribution in [-0.2, 0) is 0 Å². The number of nitrogen functional groups attached to an aromatic ring is 1. The number of ether oxygens (including phenoxy) is 1. The van der Waals surface area contributed by atoms with Gasteiger partial charge >= 0.3 is 0 Å². The van der Waals surface area contributed by atoms with Crippen molar-refractivity contribution in [2.45, 2.75) is 0 Å². The van der Waals surface area contributed by atoms with Crippen molar-refractivity contribution in [1.29, 1.82) is 0 Å². The van der Waals surface area contributed by atoms with Crippen molar-refractivity contribution in [1.82, 2.24) is 0 Å². The van der Waals surface area contributed by atoms with E-state index >= 15 is 0 Å². The lowest BCUT2D eigenvalue weighted by Crippen LogP contribution is -1.91. The maximum atomic E-state index is 5.82. The lowest BCUT2D eigenvalue weighted by Gasteiger charge is -2.10. The van der Waals surface area contributed by atoms with Crippen molar-refractivity contribution >= 4 is 60.1 Å². The first-order valence-electron chi connectivity index (χ1n) is 4.74. The quantitative estimate of drug-likeness (QED) is 0.486. The largest absolute Gasteiger partial charge is 0.455 e. The van der Waals surface area contributed by atoms with Crippen molar-refractivity contribution in [3.63, 3.8) is 0 Å². The molecule has 2 rings (SSSR count). The van der Waals surface area contributed by atoms with Crippen LogP contribution in [0.2, 0.25) is 0 Å². The number of anilines is 1. The van der Waals surface area contributed by atoms with Crippen LogP contribution in [0.4, 0.5) is 5.69 Å². The predicted octanol–water partition coefficient (Wildman–Crippen LogP) is 5.19. The monoisotopic (exact) mass is 467 g/mol. The van der Waals surface area contributed by atoms with Crippen LogP contribution in [0, 0.1) is 3.57 Å². The molecule has 2 N–H and O–H groups in total. The van der Waals surface area contributed by atoms with Gasteiger partial charge in [0.1, 0.15) is 11.5 Å². The Morgan fingerprint density at radius 3 is 2.35 bits per heavy atom. The van der Waals surface area contributed by atoms with E-state index in [0.29, 0.717) is 0 Å². The molecule has 0 unspecified atom stereocenters. The van der Waals surface area contributed by atoms with Gasteiger partial charge in [0.15, 0.2) is 0 Å². The first-order chi connectivity index (χ1) is 8.06. The summed E-state index contributed by atoms with van der Waals surface area (Å²) in [4.78, 5) is 0. The molecule has 0 saturated carbocycles. The van der Waals surface area contributed by atoms with Gasteiger partial charge in [-0.1, -0.05) is 15.9 Å². The lowest BCUT2D eigenvalue weighted by molar-refractivity contribution is 0.476. The zero-order valence-corrected chi connectivity index (χ0v) is 13.9. The highest BCUT2D eigenvalue weighted by Crippen LogP contribution is 2.34. The summed E-state index contributed by atoms with van der Waals surface area (Å²) in [5, 5.41) is 0. The van der Waals surface area contributed by atoms with Crippen LogP contribution in [0.5, 0.6) is 11.5 Å². The Morgan fingerprint density at radius 1 is 1.00 bits per heavy atom. The van der Waals surface area contributed by atoms with E-state index in [4.69, 9.17) is 10.5 Å². The molecular formula is C12H8Br2INO. The molecule has 0 fully saturated rings. The van der Waals surface area contributed by atoms with Crippen LogP contribution < -0.4 is 10.5 Å². The van der Waals surface area contributed by atoms with Gasteiger partial charge in [-0.3, -0.25) is 0 Å². The average molecular weight is 469 g/mol. The van der Waals surface area contributed by atoms with Gasteiger partial charge in [0, 0.05) is 10.2 Å². The highest BCUT2D eigenvalue weighted by Gasteiger charge is 2.06. The van der Waals surface area contributed by atoms with Crippen molar-refractivity contribution in [2.24, 2.45) is 0 Å². The van der Waals surface area contributed by atoms with E-state index in [1.807, 2.05) is 36.4 Å². The molecule has 0 aliphatic carbocycles. The predicted molar refractivity (Wildman–Crippen MR) is 85.5 cm³/mol. The zero-order chi connectivity index (χ0) is 12.4. The fraction of sp³-hybridized carbons (Fsp3) is 0. The molecule has 2 aromatic rings. The number of hydrogen-bond acceptors (Lipinski definition) is 2. The Hall–Kier alpha value is -0.270. The summed E-state index contributed by atoms with van der Waals surface area (Å²) in [5.74, 6) is 1.57. The van der Waals surface area contributed by atoms with Crippen molar-refractivity contribution in [3.05, 3.63) is 48.9 Å². The van der Waals surface area contributed by atoms with Crippen LogP contribution in [-0.4, -0.2) is 0 Å². The molecule has 0 atom stereocenters. The zero-order valence-electron chi connectivity index (χ0n) is 8.58. The molecular weight excluding hydrogens is 461 g/mol. The molecule has 88 valence electrons. The molecule has 2 nitrogen and oxygen atoms in total. The highest BCUT2D eigenvalue weighted by molar-refractivity contribution is 14.1. The topological polar surface area (TPSA) is 35.2 Å². The minimum atomic E-state index is 0.733. The second-order valence-corrected chi connectivity index (χ2v) is 6.30. The maximum absolute atomic E-state index is 5.82. The van der Waals surface area contributed by atoms with E-state index in [-0.39, 0.29) is 0 Å². The molecule has 0 bridgehead atoms. The first kappa shape index (κ1) is 13.2. The third-order valence-corrected chi connectivity index (χ3v) is 4.03. The maximum Gasteiger partial charge on any atom is 0.141 e. The molecule has 0 aliphatic heterocycles. The second kappa shape index (κ2) is 5.58. The minimum absolute atomic E-state index is 0.733. The Bertz CT molecular complexity index is 511. The van der Waals surface area contributed by atoms with Crippen molar-refractivity contribution in [2.75, 3.05) is 5.73 Å². The molecule has 0 radical (unpaired) electrons. The van der Waals surface area contributed by atoms with Crippen LogP contribution in [0.3, 0.4) is 0 Å². The molecule has 0 aromatic heterocycles. The van der Waals surface area contributed by atoms with E-state index in [9.17, 15) is 0 Å². The van der Waals surface area contributed by atoms with Gasteiger partial charge in [-0.15, -0.1) is 0 Å². The summed E-state index contributed by atoms with van der Waals surface area (Å²) in [5.41, 5.74) is 6.43. The van der Waals surface area contributed by atoms with Crippen LogP contribution in [0.25, 0.3) is 0 Å². The number of rotatable bonds is 2. The van der Waals surface area contributed by atoms with E-state index in [1.165, 1.54) is 0 Å². The van der Waals surface area contributed by atoms with E-state index in [0.717, 1.165) is 29.7 Å². The fourth-order valence-electron chi connectivity index (χ4n) is 1.28. The van der Waals surface area contributed by atoms with Gasteiger partial charge in [0.2, 0.25) is 0 Å². The number of halogens is 3. The van der Waals surface area contributed by atoms with E-state index in [2.05, 4.69) is 54.5 Å². The highest BCUT2D eigenvalue weighted by atomic mass is 127. The normalized spacial score (nSPS) is 10.3. The van der Waals surface area contributed by atoms with Crippen LogP contribution in [0.15, 0.2) is 45.3 Å². The molecule has 0 heterocycles. The third-order valence-electron chi connectivity index (χ3n) is 2.07. The Morgan fingerprint density at radius 2 is 1.71 bits per heavy atom. The summed E-state index contributed by atoms with van der Waals surface area (Å²) < 4.78 is 8.71. The molecule has 2 aromatic carbocycles. The lowest BCUT2D eigenvalue weighted by atomic mass is 10.3. The Balaban J connectivity index is 2.31. The summed E-state index contributed by atoms with van der Waals surface area (Å²) >= 11 is 9.07. The van der Waals surface area contributed by atoms with Gasteiger partial charge in [-0.25, -0.2) is 0 Å². The first-order valence-corrected chi connectivity index (χ1v) is 7.40. The summed E-state index contributed by atoms with van der Waals surface area (Å²) in [6, 6.07) is 11.4. The van der Waals surface area contributed by atoms with Crippen LogP contribution in [0.1, 0.15) is 0 Å². The standard InChI is InChI=1S/C12H8Br2INO/c13-7-1-3-11(9(14)5-7)17-12-4-2-8(16)6-10(12)15/h1-6H,16H2. The van der Waals surface area contributed by atoms with Gasteiger partial charge in [-0.2, -0.15) is 0 Å². The number of hydrogen-bond donors (Lipinski definition) is 1. The molecule has 0 amide bonds. The molecule has 0 aliphatic rings. The summed E-state index contributed by atoms with van der Waals surface area (Å²) in [6.45, 7) is 0. The van der Waals surface area contributed by atoms with E-state index in [1.54, 1.807) is 0 Å². The second-order valence-electron chi connectivity index (χ2n) is 3.37. The van der Waals surface area contributed by atoms with Gasteiger partial charge < -0.3 is 10.5 Å². The van der Waals surface area contributed by atoms with Gasteiger partial charge in [0.05, 0.1) is 8.04 Å². The molecule has 17 heavy (non-hydrogen) atoms. The SMILES string of the molecule is Nc1ccc(Oc2ccc(Br)cc2Br)c(I)c1. The van der Waals surface area contributed by atoms with Crippen molar-refractivity contribution < 1.29 is 4.74 Å². The minimum Gasteiger partial charge on any atom is -0.455 e. The average Bonchev–Trinajstić information content (AvgIpc) is 2.25. The fourth-order valence-corrected chi connectivity index (χ4v) is 3.05. The number of nitrogens with two attached hydrogens (primary N) is 1. The summed E-state index contributed by atoms with van der Waals surface area (Å²) in [7, 11) is 0. The smallest absolute Gasteiger partial charge is 0.141 e. The van der Waals surface area contributed by atoms with Crippen LogP contribution >= 0.6 is 54.5 Å². The summed E-state index contributed by atoms with van der Waals surface area (Å²) in [6.07, 6.45) is 0. The Labute approximate surface area is 130 Å². The van der Waals surface area contributed by atoms with Crippen molar-refractivity contribution in [3.8, 4) is 11.5 Å². The Kier molecular flexibility index (Phi) is 4.32. The molecule has 0 spiro atoms. The molecule has 5 heteroatoms. The third kappa shape index (κ3) is 3.35. The van der Waals surface area contributed by atoms with Gasteiger partial charge in [0.25, 0.3) is 0 Å². The number of benzene rings is 2. The molecule has 0 saturated heterocycles. The van der Waals surface area contributed by atoms with Gasteiger partial charge in [-0.05, 0) is 74.9 Å². The van der Waals surface area contributed by atoms with E-state index < -0.39 is 0 Å².